The van der Waals surface area contributed by atoms with Gasteiger partial charge in [-0.3, -0.25) is 4.79 Å². The van der Waals surface area contributed by atoms with Gasteiger partial charge in [0.1, 0.15) is 0 Å². The van der Waals surface area contributed by atoms with E-state index in [1.165, 1.54) is 12.1 Å². The fourth-order valence-corrected chi connectivity index (χ4v) is 2.21. The average molecular weight is 291 g/mol. The molecule has 0 aromatic heterocycles. The summed E-state index contributed by atoms with van der Waals surface area (Å²) in [6.07, 6.45) is 0.166. The molecule has 18 heavy (non-hydrogen) atoms. The first-order valence-electron chi connectivity index (χ1n) is 5.25. The predicted octanol–water partition coefficient (Wildman–Crippen LogP) is 1.52. The molecule has 0 aliphatic heterocycles. The Hall–Kier alpha value is -1.11. The number of amides is 1. The van der Waals surface area contributed by atoms with Crippen LogP contribution in [0.1, 0.15) is 17.5 Å². The van der Waals surface area contributed by atoms with Crippen LogP contribution < -0.4 is 10.5 Å². The third-order valence-electron chi connectivity index (χ3n) is 2.57. The maximum absolute atomic E-state index is 11.5. The van der Waals surface area contributed by atoms with Crippen LogP contribution in [0.25, 0.3) is 0 Å². The molecule has 1 aromatic carbocycles. The van der Waals surface area contributed by atoms with E-state index in [0.717, 1.165) is 11.1 Å². The summed E-state index contributed by atoms with van der Waals surface area (Å²) in [5.74, 6) is -0.0577. The van der Waals surface area contributed by atoms with E-state index in [4.69, 9.17) is 16.7 Å². The van der Waals surface area contributed by atoms with Crippen molar-refractivity contribution in [2.75, 3.05) is 11.2 Å². The molecule has 100 valence electrons. The quantitative estimate of drug-likeness (QED) is 0.824. The van der Waals surface area contributed by atoms with Crippen molar-refractivity contribution in [3.63, 3.8) is 0 Å². The molecule has 1 aromatic rings. The molecule has 0 fully saturated rings. The van der Waals surface area contributed by atoms with E-state index in [2.05, 4.69) is 5.32 Å². The van der Waals surface area contributed by atoms with E-state index in [-0.39, 0.29) is 23.1 Å². The molecular weight excluding hydrogens is 276 g/mol. The molecule has 0 saturated carbocycles. The van der Waals surface area contributed by atoms with Crippen molar-refractivity contribution in [1.82, 2.24) is 0 Å². The lowest BCUT2D eigenvalue weighted by Crippen LogP contribution is -2.16. The number of aryl methyl sites for hydroxylation is 1. The molecule has 0 aliphatic rings. The van der Waals surface area contributed by atoms with Crippen molar-refractivity contribution >= 4 is 33.2 Å². The zero-order valence-electron chi connectivity index (χ0n) is 10.2. The minimum atomic E-state index is -3.79. The highest BCUT2D eigenvalue weighted by Gasteiger charge is 2.13. The summed E-state index contributed by atoms with van der Waals surface area (Å²) in [7, 11) is -3.79. The SMILES string of the molecule is Cc1cc(S(N)(=O)=O)cc(NC(=O)CCCl)c1C. The zero-order chi connectivity index (χ0) is 13.9. The van der Waals surface area contributed by atoms with Crippen LogP contribution in [0.3, 0.4) is 0 Å². The molecule has 3 N–H and O–H groups in total. The predicted molar refractivity (Wildman–Crippen MR) is 71.3 cm³/mol. The first kappa shape index (κ1) is 14.9. The van der Waals surface area contributed by atoms with E-state index in [1.54, 1.807) is 13.8 Å². The fourth-order valence-electron chi connectivity index (χ4n) is 1.42. The molecule has 5 nitrogen and oxygen atoms in total. The number of nitrogens with two attached hydrogens (primary N) is 1. The lowest BCUT2D eigenvalue weighted by atomic mass is 10.1. The standard InChI is InChI=1S/C11H15ClN2O3S/c1-7-5-9(18(13,16)17)6-10(8(7)2)14-11(15)3-4-12/h5-6H,3-4H2,1-2H3,(H,14,15)(H2,13,16,17). The molecule has 0 aliphatic carbocycles. The van der Waals surface area contributed by atoms with E-state index in [0.29, 0.717) is 5.69 Å². The molecule has 0 atom stereocenters. The summed E-state index contributed by atoms with van der Waals surface area (Å²) in [4.78, 5) is 11.4. The van der Waals surface area contributed by atoms with Gasteiger partial charge in [0.2, 0.25) is 15.9 Å². The summed E-state index contributed by atoms with van der Waals surface area (Å²) >= 11 is 5.46. The Balaban J connectivity index is 3.19. The first-order valence-corrected chi connectivity index (χ1v) is 7.33. The van der Waals surface area contributed by atoms with Gasteiger partial charge in [-0.25, -0.2) is 13.6 Å². The summed E-state index contributed by atoms with van der Waals surface area (Å²) in [5, 5.41) is 7.69. The highest BCUT2D eigenvalue weighted by molar-refractivity contribution is 7.89. The van der Waals surface area contributed by atoms with Gasteiger partial charge in [0, 0.05) is 18.0 Å². The maximum atomic E-state index is 11.5. The average Bonchev–Trinajstić information content (AvgIpc) is 2.23. The lowest BCUT2D eigenvalue weighted by Gasteiger charge is -2.12. The zero-order valence-corrected chi connectivity index (χ0v) is 11.7. The first-order chi connectivity index (χ1) is 8.25. The number of benzene rings is 1. The molecular formula is C11H15ClN2O3S. The van der Waals surface area contributed by atoms with Crippen LogP contribution in [0, 0.1) is 13.8 Å². The van der Waals surface area contributed by atoms with Crippen LogP contribution in [0.5, 0.6) is 0 Å². The Morgan fingerprint density at radius 2 is 2.00 bits per heavy atom. The summed E-state index contributed by atoms with van der Waals surface area (Å²) in [5.41, 5.74) is 1.97. The molecule has 1 amide bonds. The number of carbonyl (C=O) groups excluding carboxylic acids is 1. The van der Waals surface area contributed by atoms with E-state index < -0.39 is 10.0 Å². The number of primary sulfonamides is 1. The number of halogens is 1. The summed E-state index contributed by atoms with van der Waals surface area (Å²) in [6.45, 7) is 3.54. The van der Waals surface area contributed by atoms with Gasteiger partial charge >= 0.3 is 0 Å². The Bertz CT molecular complexity index is 570. The third-order valence-corrected chi connectivity index (χ3v) is 3.65. The van der Waals surface area contributed by atoms with Gasteiger partial charge in [-0.15, -0.1) is 11.6 Å². The number of carbonyl (C=O) groups is 1. The minimum Gasteiger partial charge on any atom is -0.326 e. The fraction of sp³-hybridized carbons (Fsp3) is 0.364. The van der Waals surface area contributed by atoms with E-state index in [9.17, 15) is 13.2 Å². The number of nitrogens with one attached hydrogen (secondary N) is 1. The van der Waals surface area contributed by atoms with Crippen LogP contribution >= 0.6 is 11.6 Å². The smallest absolute Gasteiger partial charge is 0.238 e. The summed E-state index contributed by atoms with van der Waals surface area (Å²) in [6, 6.07) is 2.83. The van der Waals surface area contributed by atoms with E-state index >= 15 is 0 Å². The van der Waals surface area contributed by atoms with Gasteiger partial charge in [-0.05, 0) is 37.1 Å². The van der Waals surface area contributed by atoms with E-state index in [1.807, 2.05) is 0 Å². The Kier molecular flexibility index (Phi) is 4.72. The van der Waals surface area contributed by atoms with Gasteiger partial charge < -0.3 is 5.32 Å². The van der Waals surface area contributed by atoms with Crippen molar-refractivity contribution in [3.05, 3.63) is 23.3 Å². The van der Waals surface area contributed by atoms with Gasteiger partial charge in [-0.2, -0.15) is 0 Å². The number of hydrogen-bond donors (Lipinski definition) is 2. The third kappa shape index (κ3) is 3.69. The molecule has 0 radical (unpaired) electrons. The van der Waals surface area contributed by atoms with Crippen molar-refractivity contribution in [2.24, 2.45) is 5.14 Å². The molecule has 0 spiro atoms. The topological polar surface area (TPSA) is 89.3 Å². The Labute approximate surface area is 111 Å². The van der Waals surface area contributed by atoms with Crippen LogP contribution in [0.4, 0.5) is 5.69 Å². The van der Waals surface area contributed by atoms with Crippen molar-refractivity contribution in [2.45, 2.75) is 25.2 Å². The number of alkyl halides is 1. The minimum absolute atomic E-state index is 0.0215. The second kappa shape index (κ2) is 5.69. The van der Waals surface area contributed by atoms with Gasteiger partial charge in [-0.1, -0.05) is 0 Å². The number of rotatable bonds is 4. The molecule has 0 unspecified atom stereocenters. The second-order valence-electron chi connectivity index (χ2n) is 3.94. The Morgan fingerprint density at radius 1 is 1.39 bits per heavy atom. The monoisotopic (exact) mass is 290 g/mol. The molecule has 1 rings (SSSR count). The maximum Gasteiger partial charge on any atom is 0.238 e. The van der Waals surface area contributed by atoms with Crippen molar-refractivity contribution < 1.29 is 13.2 Å². The summed E-state index contributed by atoms with van der Waals surface area (Å²) < 4.78 is 22.6. The largest absolute Gasteiger partial charge is 0.326 e. The lowest BCUT2D eigenvalue weighted by molar-refractivity contribution is -0.115. The van der Waals surface area contributed by atoms with Crippen molar-refractivity contribution in [3.8, 4) is 0 Å². The highest BCUT2D eigenvalue weighted by atomic mass is 35.5. The van der Waals surface area contributed by atoms with Crippen LogP contribution in [0.15, 0.2) is 17.0 Å². The van der Waals surface area contributed by atoms with Gasteiger partial charge in [0.25, 0.3) is 0 Å². The second-order valence-corrected chi connectivity index (χ2v) is 5.88. The normalized spacial score (nSPS) is 11.3. The molecule has 7 heteroatoms. The van der Waals surface area contributed by atoms with Crippen LogP contribution in [-0.4, -0.2) is 20.2 Å². The van der Waals surface area contributed by atoms with Crippen LogP contribution in [-0.2, 0) is 14.8 Å². The number of sulfonamides is 1. The van der Waals surface area contributed by atoms with Crippen LogP contribution in [0.2, 0.25) is 0 Å². The molecule has 0 bridgehead atoms. The van der Waals surface area contributed by atoms with Gasteiger partial charge in [0.05, 0.1) is 4.90 Å². The Morgan fingerprint density at radius 3 is 2.50 bits per heavy atom. The highest BCUT2D eigenvalue weighted by Crippen LogP contribution is 2.23. The molecule has 0 saturated heterocycles. The molecule has 0 heterocycles. The number of hydrogen-bond acceptors (Lipinski definition) is 3. The van der Waals surface area contributed by atoms with Crippen molar-refractivity contribution in [1.29, 1.82) is 0 Å². The number of anilines is 1. The van der Waals surface area contributed by atoms with Gasteiger partial charge in [0.15, 0.2) is 0 Å².